The highest BCUT2D eigenvalue weighted by atomic mass is 79.9. The summed E-state index contributed by atoms with van der Waals surface area (Å²) < 4.78 is 7.12. The van der Waals surface area contributed by atoms with Crippen molar-refractivity contribution < 1.29 is 4.74 Å². The van der Waals surface area contributed by atoms with E-state index in [0.29, 0.717) is 6.10 Å². The monoisotopic (exact) mass is 352 g/mol. The lowest BCUT2D eigenvalue weighted by Gasteiger charge is -2.29. The molecular formula is C17H25BrN2O. The highest BCUT2D eigenvalue weighted by molar-refractivity contribution is 9.10. The lowest BCUT2D eigenvalue weighted by Crippen LogP contribution is -2.34. The normalized spacial score (nSPS) is 23.0. The Morgan fingerprint density at radius 1 is 1.33 bits per heavy atom. The van der Waals surface area contributed by atoms with Crippen LogP contribution in [0.15, 0.2) is 22.7 Å². The Morgan fingerprint density at radius 3 is 2.95 bits per heavy atom. The summed E-state index contributed by atoms with van der Waals surface area (Å²) in [7, 11) is 2.22. The van der Waals surface area contributed by atoms with Crippen molar-refractivity contribution in [1.82, 2.24) is 10.2 Å². The van der Waals surface area contributed by atoms with E-state index in [-0.39, 0.29) is 0 Å². The van der Waals surface area contributed by atoms with Gasteiger partial charge in [-0.25, -0.2) is 0 Å². The minimum absolute atomic E-state index is 0.298. The molecule has 1 saturated heterocycles. The second-order valence-electron chi connectivity index (χ2n) is 6.44. The van der Waals surface area contributed by atoms with Gasteiger partial charge in [0.05, 0.1) is 0 Å². The molecule has 0 bridgehead atoms. The van der Waals surface area contributed by atoms with Crippen molar-refractivity contribution in [1.29, 1.82) is 0 Å². The Balaban J connectivity index is 1.34. The molecule has 1 unspecified atom stereocenters. The predicted octanol–water partition coefficient (Wildman–Crippen LogP) is 3.07. The molecule has 1 N–H and O–H groups in total. The van der Waals surface area contributed by atoms with Gasteiger partial charge < -0.3 is 15.0 Å². The van der Waals surface area contributed by atoms with Crippen molar-refractivity contribution in [2.24, 2.45) is 5.92 Å². The Bertz CT molecular complexity index is 472. The fourth-order valence-corrected chi connectivity index (χ4v) is 3.73. The largest absolute Gasteiger partial charge is 0.488 e. The van der Waals surface area contributed by atoms with Gasteiger partial charge in [0, 0.05) is 17.4 Å². The quantitative estimate of drug-likeness (QED) is 0.824. The predicted molar refractivity (Wildman–Crippen MR) is 90.0 cm³/mol. The second-order valence-corrected chi connectivity index (χ2v) is 7.35. The second kappa shape index (κ2) is 7.12. The summed E-state index contributed by atoms with van der Waals surface area (Å²) in [5.41, 5.74) is 1.33. The van der Waals surface area contributed by atoms with Crippen LogP contribution in [0, 0.1) is 5.92 Å². The van der Waals surface area contributed by atoms with Gasteiger partial charge in [-0.1, -0.05) is 15.9 Å². The van der Waals surface area contributed by atoms with Crippen molar-refractivity contribution in [3.63, 3.8) is 0 Å². The average Bonchev–Trinajstić information content (AvgIpc) is 2.87. The van der Waals surface area contributed by atoms with Crippen LogP contribution >= 0.6 is 15.9 Å². The van der Waals surface area contributed by atoms with Crippen molar-refractivity contribution >= 4 is 15.9 Å². The molecule has 2 heterocycles. The molecule has 1 aromatic rings. The summed E-state index contributed by atoms with van der Waals surface area (Å²) in [6.07, 6.45) is 5.34. The molecule has 0 radical (unpaired) electrons. The van der Waals surface area contributed by atoms with Crippen LogP contribution in [0.1, 0.15) is 24.8 Å². The van der Waals surface area contributed by atoms with Crippen molar-refractivity contribution in [2.75, 3.05) is 33.2 Å². The smallest absolute Gasteiger partial charge is 0.123 e. The van der Waals surface area contributed by atoms with Crippen LogP contribution in [-0.4, -0.2) is 44.2 Å². The molecule has 21 heavy (non-hydrogen) atoms. The molecule has 0 amide bonds. The zero-order valence-corrected chi connectivity index (χ0v) is 14.4. The molecule has 116 valence electrons. The van der Waals surface area contributed by atoms with E-state index in [9.17, 15) is 0 Å². The minimum atomic E-state index is 0.298. The highest BCUT2D eigenvalue weighted by Gasteiger charge is 2.22. The molecule has 1 fully saturated rings. The molecule has 3 nitrogen and oxygen atoms in total. The maximum absolute atomic E-state index is 5.98. The first-order chi connectivity index (χ1) is 10.2. The fourth-order valence-electron chi connectivity index (χ4n) is 3.32. The number of nitrogens with zero attached hydrogens (tertiary/aromatic N) is 1. The Kier molecular flexibility index (Phi) is 5.19. The first-order valence-electron chi connectivity index (χ1n) is 8.05. The highest BCUT2D eigenvalue weighted by Crippen LogP contribution is 2.30. The SMILES string of the molecule is CN1CCC(CCNCC2Cc3cc(Br)ccc3O2)CC1. The zero-order valence-electron chi connectivity index (χ0n) is 12.8. The molecule has 1 atom stereocenters. The lowest BCUT2D eigenvalue weighted by molar-refractivity contribution is 0.204. The summed E-state index contributed by atoms with van der Waals surface area (Å²) in [5.74, 6) is 1.96. The molecule has 3 rings (SSSR count). The Labute approximate surface area is 136 Å². The summed E-state index contributed by atoms with van der Waals surface area (Å²) in [6, 6.07) is 6.29. The number of piperidine rings is 1. The molecular weight excluding hydrogens is 328 g/mol. The van der Waals surface area contributed by atoms with Crippen LogP contribution in [0.4, 0.5) is 0 Å². The average molecular weight is 353 g/mol. The van der Waals surface area contributed by atoms with Gasteiger partial charge in [-0.15, -0.1) is 0 Å². The third-order valence-corrected chi connectivity index (χ3v) is 5.20. The topological polar surface area (TPSA) is 24.5 Å². The van der Waals surface area contributed by atoms with E-state index in [2.05, 4.69) is 51.4 Å². The van der Waals surface area contributed by atoms with Crippen LogP contribution < -0.4 is 10.1 Å². The standard InChI is InChI=1S/C17H25BrN2O/c1-20-8-5-13(6-9-20)4-7-19-12-16-11-14-10-15(18)2-3-17(14)21-16/h2-3,10,13,16,19H,4-9,11-12H2,1H3. The first kappa shape index (κ1) is 15.3. The van der Waals surface area contributed by atoms with Gasteiger partial charge in [-0.2, -0.15) is 0 Å². The summed E-state index contributed by atoms with van der Waals surface area (Å²) in [6.45, 7) is 4.61. The Hall–Kier alpha value is -0.580. The fraction of sp³-hybridized carbons (Fsp3) is 0.647. The molecule has 0 saturated carbocycles. The van der Waals surface area contributed by atoms with Crippen LogP contribution in [0.25, 0.3) is 0 Å². The van der Waals surface area contributed by atoms with Gasteiger partial charge in [0.25, 0.3) is 0 Å². The maximum atomic E-state index is 5.98. The van der Waals surface area contributed by atoms with Crippen molar-refractivity contribution in [3.8, 4) is 5.75 Å². The first-order valence-corrected chi connectivity index (χ1v) is 8.84. The van der Waals surface area contributed by atoms with Gasteiger partial charge in [0.1, 0.15) is 11.9 Å². The molecule has 4 heteroatoms. The summed E-state index contributed by atoms with van der Waals surface area (Å²) >= 11 is 3.52. The van der Waals surface area contributed by atoms with E-state index in [0.717, 1.165) is 35.7 Å². The van der Waals surface area contributed by atoms with Gasteiger partial charge >= 0.3 is 0 Å². The van der Waals surface area contributed by atoms with Gasteiger partial charge in [-0.3, -0.25) is 0 Å². The number of ether oxygens (including phenoxy) is 1. The molecule has 0 spiro atoms. The van der Waals surface area contributed by atoms with E-state index >= 15 is 0 Å². The maximum Gasteiger partial charge on any atom is 0.123 e. The molecule has 1 aromatic carbocycles. The number of nitrogens with one attached hydrogen (secondary N) is 1. The number of likely N-dealkylation sites (tertiary alicyclic amines) is 1. The lowest BCUT2D eigenvalue weighted by atomic mass is 9.94. The van der Waals surface area contributed by atoms with E-state index in [1.54, 1.807) is 0 Å². The van der Waals surface area contributed by atoms with Crippen molar-refractivity contribution in [3.05, 3.63) is 28.2 Å². The van der Waals surface area contributed by atoms with Crippen LogP contribution in [0.3, 0.4) is 0 Å². The third-order valence-electron chi connectivity index (χ3n) is 4.70. The third kappa shape index (κ3) is 4.21. The van der Waals surface area contributed by atoms with Crippen LogP contribution in [-0.2, 0) is 6.42 Å². The number of fused-ring (bicyclic) bond motifs is 1. The van der Waals surface area contributed by atoms with Crippen LogP contribution in [0.2, 0.25) is 0 Å². The molecule has 2 aliphatic heterocycles. The van der Waals surface area contributed by atoms with Crippen LogP contribution in [0.5, 0.6) is 5.75 Å². The van der Waals surface area contributed by atoms with E-state index in [4.69, 9.17) is 4.74 Å². The molecule has 0 aliphatic carbocycles. The molecule has 0 aromatic heterocycles. The minimum Gasteiger partial charge on any atom is -0.488 e. The number of hydrogen-bond donors (Lipinski definition) is 1. The number of hydrogen-bond acceptors (Lipinski definition) is 3. The van der Waals surface area contributed by atoms with Gasteiger partial charge in [0.2, 0.25) is 0 Å². The van der Waals surface area contributed by atoms with E-state index in [1.807, 2.05) is 0 Å². The molecule has 2 aliphatic rings. The number of rotatable bonds is 5. The number of halogens is 1. The van der Waals surface area contributed by atoms with E-state index < -0.39 is 0 Å². The Morgan fingerprint density at radius 2 is 2.14 bits per heavy atom. The van der Waals surface area contributed by atoms with Crippen molar-refractivity contribution in [2.45, 2.75) is 31.8 Å². The van der Waals surface area contributed by atoms with Gasteiger partial charge in [-0.05, 0) is 75.6 Å². The van der Waals surface area contributed by atoms with E-state index in [1.165, 1.54) is 37.9 Å². The summed E-state index contributed by atoms with van der Waals surface area (Å²) in [5, 5.41) is 3.58. The van der Waals surface area contributed by atoms with Gasteiger partial charge in [0.15, 0.2) is 0 Å². The number of benzene rings is 1. The summed E-state index contributed by atoms with van der Waals surface area (Å²) in [4.78, 5) is 2.44. The zero-order chi connectivity index (χ0) is 14.7.